The molecule has 0 fully saturated rings. The monoisotopic (exact) mass is 422 g/mol. The van der Waals surface area contributed by atoms with Crippen LogP contribution in [0.15, 0.2) is 52.3 Å². The van der Waals surface area contributed by atoms with Crippen LogP contribution in [0.25, 0.3) is 0 Å². The van der Waals surface area contributed by atoms with Crippen LogP contribution in [-0.2, 0) is 26.8 Å². The fourth-order valence-corrected chi connectivity index (χ4v) is 4.27. The highest BCUT2D eigenvalue weighted by Crippen LogP contribution is 2.33. The molecule has 0 amide bonds. The topological polar surface area (TPSA) is 104 Å². The summed E-state index contributed by atoms with van der Waals surface area (Å²) in [5, 5.41) is 9.06. The Kier molecular flexibility index (Phi) is 6.07. The summed E-state index contributed by atoms with van der Waals surface area (Å²) in [7, 11) is -4.42. The number of halogens is 3. The number of hydrogen-bond acceptors (Lipinski definition) is 5. The lowest BCUT2D eigenvalue weighted by atomic mass is 10.2. The van der Waals surface area contributed by atoms with Crippen molar-refractivity contribution in [3.63, 3.8) is 0 Å². The molecular formula is C16H13F3O6S2. The van der Waals surface area contributed by atoms with Crippen LogP contribution < -0.4 is 4.74 Å². The minimum atomic E-state index is -5.80. The van der Waals surface area contributed by atoms with E-state index in [1.54, 1.807) is 24.3 Å². The van der Waals surface area contributed by atoms with E-state index >= 15 is 0 Å². The molecule has 0 spiro atoms. The van der Waals surface area contributed by atoms with Crippen molar-refractivity contribution < 1.29 is 40.8 Å². The number of carbonyl (C=O) groups is 1. The maximum absolute atomic E-state index is 12.8. The summed E-state index contributed by atoms with van der Waals surface area (Å²) in [5.74, 6) is -1.48. The lowest BCUT2D eigenvalue weighted by molar-refractivity contribution is -0.0436. The molecule has 1 atom stereocenters. The van der Waals surface area contributed by atoms with Crippen molar-refractivity contribution in [1.29, 1.82) is 0 Å². The Labute approximate surface area is 155 Å². The first kappa shape index (κ1) is 21.1. The van der Waals surface area contributed by atoms with Gasteiger partial charge in [-0.3, -0.25) is 0 Å². The number of benzene rings is 2. The highest BCUT2D eigenvalue weighted by molar-refractivity contribution is 7.92. The number of methoxy groups -OCH3 is 1. The normalized spacial score (nSPS) is 13.2. The SMILES string of the molecule is COc1ccccc1C[S+]([O-])c1cc(C(=O)O)cc(S(=O)(=O)C(F)(F)F)c1. The van der Waals surface area contributed by atoms with Crippen LogP contribution in [0.2, 0.25) is 0 Å². The molecule has 6 nitrogen and oxygen atoms in total. The molecule has 1 N–H and O–H groups in total. The van der Waals surface area contributed by atoms with E-state index < -0.39 is 42.9 Å². The summed E-state index contributed by atoms with van der Waals surface area (Å²) in [5.41, 5.74) is -5.88. The Bertz CT molecular complexity index is 957. The van der Waals surface area contributed by atoms with Gasteiger partial charge in [-0.1, -0.05) is 18.2 Å². The zero-order valence-electron chi connectivity index (χ0n) is 13.7. The lowest BCUT2D eigenvalue weighted by Crippen LogP contribution is -2.24. The predicted octanol–water partition coefficient (Wildman–Crippen LogP) is 2.99. The first-order chi connectivity index (χ1) is 12.5. The molecular weight excluding hydrogens is 409 g/mol. The molecule has 0 saturated heterocycles. The molecule has 0 heterocycles. The Hall–Kier alpha value is -2.24. The van der Waals surface area contributed by atoms with E-state index in [1.807, 2.05) is 0 Å². The second-order valence-corrected chi connectivity index (χ2v) is 8.64. The van der Waals surface area contributed by atoms with Gasteiger partial charge in [-0.25, -0.2) is 13.2 Å². The van der Waals surface area contributed by atoms with Crippen LogP contribution >= 0.6 is 0 Å². The Balaban J connectivity index is 2.51. The maximum atomic E-state index is 12.8. The second-order valence-electron chi connectivity index (χ2n) is 5.25. The van der Waals surface area contributed by atoms with E-state index in [4.69, 9.17) is 9.84 Å². The van der Waals surface area contributed by atoms with E-state index in [0.717, 1.165) is 6.07 Å². The van der Waals surface area contributed by atoms with E-state index in [0.29, 0.717) is 23.4 Å². The predicted molar refractivity (Wildman–Crippen MR) is 89.7 cm³/mol. The number of carboxylic acid groups (broad SMARTS) is 1. The van der Waals surface area contributed by atoms with E-state index in [-0.39, 0.29) is 10.6 Å². The smallest absolute Gasteiger partial charge is 0.501 e. The molecule has 11 heteroatoms. The number of alkyl halides is 3. The van der Waals surface area contributed by atoms with E-state index in [1.165, 1.54) is 7.11 Å². The Morgan fingerprint density at radius 3 is 2.41 bits per heavy atom. The third-order valence-electron chi connectivity index (χ3n) is 3.48. The van der Waals surface area contributed by atoms with Crippen molar-refractivity contribution in [2.75, 3.05) is 7.11 Å². The average Bonchev–Trinajstić information content (AvgIpc) is 2.60. The summed E-state index contributed by atoms with van der Waals surface area (Å²) in [6.07, 6.45) is 0. The summed E-state index contributed by atoms with van der Waals surface area (Å²) in [6.45, 7) is 0. The molecule has 2 aromatic carbocycles. The lowest BCUT2D eigenvalue weighted by Gasteiger charge is -2.15. The molecule has 0 radical (unpaired) electrons. The minimum absolute atomic E-state index is 0.210. The van der Waals surface area contributed by atoms with Crippen molar-refractivity contribution in [3.05, 3.63) is 53.6 Å². The highest BCUT2D eigenvalue weighted by atomic mass is 32.2. The number of hydrogen-bond donors (Lipinski definition) is 1. The zero-order valence-corrected chi connectivity index (χ0v) is 15.3. The van der Waals surface area contributed by atoms with E-state index in [9.17, 15) is 30.9 Å². The molecule has 1 unspecified atom stereocenters. The van der Waals surface area contributed by atoms with Gasteiger partial charge in [-0.2, -0.15) is 13.2 Å². The van der Waals surface area contributed by atoms with Crippen LogP contribution in [0.4, 0.5) is 13.2 Å². The number of carboxylic acids is 1. The second kappa shape index (κ2) is 7.79. The average molecular weight is 422 g/mol. The number of aromatic carboxylic acids is 1. The summed E-state index contributed by atoms with van der Waals surface area (Å²) < 4.78 is 79.3. The van der Waals surface area contributed by atoms with Gasteiger partial charge < -0.3 is 14.4 Å². The fourth-order valence-electron chi connectivity index (χ4n) is 2.16. The van der Waals surface area contributed by atoms with Gasteiger partial charge in [0.05, 0.1) is 17.6 Å². The quantitative estimate of drug-likeness (QED) is 0.718. The number of para-hydroxylation sites is 1. The minimum Gasteiger partial charge on any atom is -0.611 e. The molecule has 0 bridgehead atoms. The van der Waals surface area contributed by atoms with Gasteiger partial charge in [-0.05, 0) is 23.3 Å². The van der Waals surface area contributed by atoms with Gasteiger partial charge in [0, 0.05) is 17.7 Å². The van der Waals surface area contributed by atoms with Crippen molar-refractivity contribution in [1.82, 2.24) is 0 Å². The molecule has 146 valence electrons. The molecule has 0 aliphatic rings. The van der Waals surface area contributed by atoms with Crippen molar-refractivity contribution in [3.8, 4) is 5.75 Å². The van der Waals surface area contributed by atoms with Gasteiger partial charge in [0.15, 0.2) is 4.90 Å². The van der Waals surface area contributed by atoms with Crippen LogP contribution in [0.1, 0.15) is 15.9 Å². The van der Waals surface area contributed by atoms with Crippen LogP contribution in [-0.4, -0.2) is 36.7 Å². The van der Waals surface area contributed by atoms with Crippen LogP contribution in [0.3, 0.4) is 0 Å². The van der Waals surface area contributed by atoms with Gasteiger partial charge in [0.2, 0.25) is 0 Å². The van der Waals surface area contributed by atoms with Gasteiger partial charge in [-0.15, -0.1) is 0 Å². The molecule has 0 aliphatic heterocycles. The Morgan fingerprint density at radius 1 is 1.22 bits per heavy atom. The van der Waals surface area contributed by atoms with Crippen molar-refractivity contribution in [2.45, 2.75) is 21.1 Å². The zero-order chi connectivity index (χ0) is 20.4. The molecule has 0 saturated carbocycles. The van der Waals surface area contributed by atoms with Gasteiger partial charge in [0.25, 0.3) is 9.84 Å². The molecule has 0 aliphatic carbocycles. The standard InChI is InChI=1S/C16H13F3O6S2/c1-25-14-5-3-2-4-10(14)9-26(22)12-6-11(15(20)21)7-13(8-12)27(23,24)16(17,18)19/h2-8H,9H2,1H3,(H,20,21). The van der Waals surface area contributed by atoms with Crippen LogP contribution in [0.5, 0.6) is 5.75 Å². The van der Waals surface area contributed by atoms with Crippen molar-refractivity contribution >= 4 is 27.0 Å². The molecule has 0 aromatic heterocycles. The molecule has 27 heavy (non-hydrogen) atoms. The first-order valence-electron chi connectivity index (χ1n) is 7.17. The number of ether oxygens (including phenoxy) is 1. The van der Waals surface area contributed by atoms with Crippen LogP contribution in [0, 0.1) is 0 Å². The summed E-state index contributed by atoms with van der Waals surface area (Å²) in [6, 6.07) is 8.27. The highest BCUT2D eigenvalue weighted by Gasteiger charge is 2.47. The van der Waals surface area contributed by atoms with Crippen molar-refractivity contribution in [2.24, 2.45) is 0 Å². The summed E-state index contributed by atoms with van der Waals surface area (Å²) >= 11 is -2.02. The fraction of sp³-hybridized carbons (Fsp3) is 0.188. The number of sulfone groups is 1. The third kappa shape index (κ3) is 4.54. The third-order valence-corrected chi connectivity index (χ3v) is 6.28. The Morgan fingerprint density at radius 2 is 1.85 bits per heavy atom. The molecule has 2 rings (SSSR count). The summed E-state index contributed by atoms with van der Waals surface area (Å²) in [4.78, 5) is 9.53. The largest absolute Gasteiger partial charge is 0.611 e. The first-order valence-corrected chi connectivity index (χ1v) is 9.97. The number of rotatable bonds is 6. The van der Waals surface area contributed by atoms with Gasteiger partial charge >= 0.3 is 11.5 Å². The van der Waals surface area contributed by atoms with E-state index in [2.05, 4.69) is 0 Å². The maximum Gasteiger partial charge on any atom is 0.501 e. The van der Waals surface area contributed by atoms with Gasteiger partial charge in [0.1, 0.15) is 11.5 Å². The molecule has 2 aromatic rings.